The number of nitrogens with one attached hydrogen (secondary N) is 1. The molecular formula is C14H18ClN3O2. The van der Waals surface area contributed by atoms with Gasteiger partial charge in [0.05, 0.1) is 13.2 Å². The third kappa shape index (κ3) is 4.51. The summed E-state index contributed by atoms with van der Waals surface area (Å²) in [6, 6.07) is 8.03. The fourth-order valence-electron chi connectivity index (χ4n) is 1.54. The molecule has 0 atom stereocenters. The number of hydrogen-bond acceptors (Lipinski definition) is 5. The van der Waals surface area contributed by atoms with E-state index in [1.165, 1.54) is 0 Å². The lowest BCUT2D eigenvalue weighted by atomic mass is 10.2. The monoisotopic (exact) mass is 295 g/mol. The van der Waals surface area contributed by atoms with E-state index in [1.54, 1.807) is 0 Å². The second-order valence-corrected chi connectivity index (χ2v) is 5.15. The molecule has 6 heteroatoms. The number of ether oxygens (including phenoxy) is 1. The first-order valence-corrected chi connectivity index (χ1v) is 6.92. The Morgan fingerprint density at radius 1 is 1.30 bits per heavy atom. The minimum Gasteiger partial charge on any atom is -0.375 e. The van der Waals surface area contributed by atoms with E-state index in [2.05, 4.69) is 15.5 Å². The van der Waals surface area contributed by atoms with Crippen molar-refractivity contribution in [3.63, 3.8) is 0 Å². The number of aromatic nitrogens is 2. The fraction of sp³-hybridized carbons (Fsp3) is 0.429. The molecular weight excluding hydrogens is 278 g/mol. The predicted molar refractivity (Wildman–Crippen MR) is 78.0 cm³/mol. The Morgan fingerprint density at radius 3 is 2.70 bits per heavy atom. The van der Waals surface area contributed by atoms with Crippen molar-refractivity contribution in [1.29, 1.82) is 0 Å². The topological polar surface area (TPSA) is 60.2 Å². The predicted octanol–water partition coefficient (Wildman–Crippen LogP) is 3.48. The molecule has 0 bridgehead atoms. The van der Waals surface area contributed by atoms with Gasteiger partial charge in [-0.3, -0.25) is 0 Å². The number of rotatable bonds is 7. The minimum absolute atomic E-state index is 0.260. The second-order valence-electron chi connectivity index (χ2n) is 4.72. The van der Waals surface area contributed by atoms with Gasteiger partial charge in [0.1, 0.15) is 0 Å². The molecule has 0 aliphatic heterocycles. The molecule has 0 aliphatic carbocycles. The Hall–Kier alpha value is -1.59. The van der Waals surface area contributed by atoms with Gasteiger partial charge in [-0.1, -0.05) is 42.7 Å². The Labute approximate surface area is 123 Å². The van der Waals surface area contributed by atoms with E-state index < -0.39 is 0 Å². The van der Waals surface area contributed by atoms with Gasteiger partial charge in [0.15, 0.2) is 5.82 Å². The third-order valence-corrected chi connectivity index (χ3v) is 2.91. The zero-order chi connectivity index (χ0) is 14.4. The van der Waals surface area contributed by atoms with Gasteiger partial charge in [-0.25, -0.2) is 0 Å². The second kappa shape index (κ2) is 7.26. The van der Waals surface area contributed by atoms with E-state index in [0.717, 1.165) is 10.6 Å². The van der Waals surface area contributed by atoms with Gasteiger partial charge >= 0.3 is 6.01 Å². The quantitative estimate of drug-likeness (QED) is 0.793. The van der Waals surface area contributed by atoms with Crippen molar-refractivity contribution in [2.75, 3.05) is 18.5 Å². The smallest absolute Gasteiger partial charge is 0.321 e. The molecule has 0 fully saturated rings. The molecule has 108 valence electrons. The molecule has 0 saturated heterocycles. The lowest BCUT2D eigenvalue weighted by Gasteiger charge is -2.04. The van der Waals surface area contributed by atoms with Crippen LogP contribution in [0.4, 0.5) is 6.01 Å². The molecule has 1 aromatic carbocycles. The molecule has 5 nitrogen and oxygen atoms in total. The summed E-state index contributed by atoms with van der Waals surface area (Å²) >= 11 is 5.81. The van der Waals surface area contributed by atoms with Crippen molar-refractivity contribution >= 4 is 17.6 Å². The van der Waals surface area contributed by atoms with E-state index >= 15 is 0 Å². The van der Waals surface area contributed by atoms with Gasteiger partial charge in [0, 0.05) is 17.5 Å². The number of halogens is 1. The SMILES string of the molecule is CC(C)c1noc(NCCOCc2ccc(Cl)cc2)n1. The van der Waals surface area contributed by atoms with Gasteiger partial charge in [0.25, 0.3) is 0 Å². The van der Waals surface area contributed by atoms with Crippen LogP contribution in [0.1, 0.15) is 31.2 Å². The van der Waals surface area contributed by atoms with Gasteiger partial charge in [-0.2, -0.15) is 4.98 Å². The Bertz CT molecular complexity index is 525. The Kier molecular flexibility index (Phi) is 5.38. The lowest BCUT2D eigenvalue weighted by molar-refractivity contribution is 0.130. The van der Waals surface area contributed by atoms with Crippen LogP contribution in [-0.4, -0.2) is 23.3 Å². The molecule has 0 amide bonds. The molecule has 1 aromatic heterocycles. The summed E-state index contributed by atoms with van der Waals surface area (Å²) in [5.74, 6) is 0.963. The number of benzene rings is 1. The fourth-order valence-corrected chi connectivity index (χ4v) is 1.67. The van der Waals surface area contributed by atoms with Gasteiger partial charge < -0.3 is 14.6 Å². The molecule has 2 aromatic rings. The zero-order valence-electron chi connectivity index (χ0n) is 11.6. The highest BCUT2D eigenvalue weighted by Gasteiger charge is 2.08. The van der Waals surface area contributed by atoms with Crippen LogP contribution in [-0.2, 0) is 11.3 Å². The molecule has 0 spiro atoms. The first kappa shape index (κ1) is 14.8. The van der Waals surface area contributed by atoms with Crippen molar-refractivity contribution in [2.45, 2.75) is 26.4 Å². The van der Waals surface area contributed by atoms with Crippen LogP contribution >= 0.6 is 11.6 Å². The van der Waals surface area contributed by atoms with Crippen LogP contribution in [0, 0.1) is 0 Å². The first-order valence-electron chi connectivity index (χ1n) is 6.55. The molecule has 0 unspecified atom stereocenters. The first-order chi connectivity index (χ1) is 9.65. The van der Waals surface area contributed by atoms with Crippen molar-refractivity contribution in [1.82, 2.24) is 10.1 Å². The van der Waals surface area contributed by atoms with Crippen LogP contribution in [0.3, 0.4) is 0 Å². The minimum atomic E-state index is 0.260. The maximum atomic E-state index is 5.81. The summed E-state index contributed by atoms with van der Waals surface area (Å²) in [5.41, 5.74) is 1.09. The Morgan fingerprint density at radius 2 is 2.05 bits per heavy atom. The summed E-state index contributed by atoms with van der Waals surface area (Å²) < 4.78 is 10.6. The molecule has 0 saturated carbocycles. The molecule has 1 N–H and O–H groups in total. The van der Waals surface area contributed by atoms with E-state index in [-0.39, 0.29) is 5.92 Å². The van der Waals surface area contributed by atoms with Crippen LogP contribution < -0.4 is 5.32 Å². The zero-order valence-corrected chi connectivity index (χ0v) is 12.4. The number of nitrogens with zero attached hydrogens (tertiary/aromatic N) is 2. The molecule has 1 heterocycles. The van der Waals surface area contributed by atoms with Crippen molar-refractivity contribution in [3.05, 3.63) is 40.7 Å². The maximum absolute atomic E-state index is 5.81. The highest BCUT2D eigenvalue weighted by Crippen LogP contribution is 2.12. The van der Waals surface area contributed by atoms with E-state index in [1.807, 2.05) is 38.1 Å². The summed E-state index contributed by atoms with van der Waals surface area (Å²) in [6.07, 6.45) is 0. The normalized spacial score (nSPS) is 11.0. The van der Waals surface area contributed by atoms with Gasteiger partial charge in [-0.05, 0) is 17.7 Å². The summed E-state index contributed by atoms with van der Waals surface area (Å²) in [4.78, 5) is 4.22. The third-order valence-electron chi connectivity index (χ3n) is 2.66. The van der Waals surface area contributed by atoms with Crippen molar-refractivity contribution < 1.29 is 9.26 Å². The van der Waals surface area contributed by atoms with Crippen molar-refractivity contribution in [2.24, 2.45) is 0 Å². The van der Waals surface area contributed by atoms with Crippen LogP contribution in [0.15, 0.2) is 28.8 Å². The van der Waals surface area contributed by atoms with Crippen LogP contribution in [0.2, 0.25) is 5.02 Å². The van der Waals surface area contributed by atoms with E-state index in [0.29, 0.717) is 31.6 Å². The number of anilines is 1. The molecule has 0 aliphatic rings. The highest BCUT2D eigenvalue weighted by molar-refractivity contribution is 6.30. The van der Waals surface area contributed by atoms with Crippen molar-refractivity contribution in [3.8, 4) is 0 Å². The highest BCUT2D eigenvalue weighted by atomic mass is 35.5. The van der Waals surface area contributed by atoms with Crippen LogP contribution in [0.5, 0.6) is 0 Å². The van der Waals surface area contributed by atoms with E-state index in [9.17, 15) is 0 Å². The van der Waals surface area contributed by atoms with Gasteiger partial charge in [0.2, 0.25) is 0 Å². The molecule has 0 radical (unpaired) electrons. The summed E-state index contributed by atoms with van der Waals surface area (Å²) in [6.45, 7) is 5.77. The maximum Gasteiger partial charge on any atom is 0.321 e. The summed E-state index contributed by atoms with van der Waals surface area (Å²) in [5, 5.41) is 7.63. The molecule has 2 rings (SSSR count). The largest absolute Gasteiger partial charge is 0.375 e. The standard InChI is InChI=1S/C14H18ClN3O2/c1-10(2)13-17-14(20-18-13)16-7-8-19-9-11-3-5-12(15)6-4-11/h3-6,10H,7-9H2,1-2H3,(H,16,17,18). The van der Waals surface area contributed by atoms with Crippen LogP contribution in [0.25, 0.3) is 0 Å². The lowest BCUT2D eigenvalue weighted by Crippen LogP contribution is -2.09. The molecule has 20 heavy (non-hydrogen) atoms. The average Bonchev–Trinajstić information content (AvgIpc) is 2.89. The summed E-state index contributed by atoms with van der Waals surface area (Å²) in [7, 11) is 0. The average molecular weight is 296 g/mol. The Balaban J connectivity index is 1.65. The number of hydrogen-bond donors (Lipinski definition) is 1. The van der Waals surface area contributed by atoms with E-state index in [4.69, 9.17) is 20.9 Å². The van der Waals surface area contributed by atoms with Gasteiger partial charge in [-0.15, -0.1) is 0 Å².